The lowest BCUT2D eigenvalue weighted by atomic mass is 10.0. The van der Waals surface area contributed by atoms with Crippen molar-refractivity contribution in [2.45, 2.75) is 25.2 Å². The van der Waals surface area contributed by atoms with Crippen LogP contribution in [-0.2, 0) is 6.42 Å². The number of aryl methyl sites for hydroxylation is 1. The molecule has 1 aromatic heterocycles. The van der Waals surface area contributed by atoms with Crippen LogP contribution in [0.1, 0.15) is 29.3 Å². The quantitative estimate of drug-likeness (QED) is 0.714. The van der Waals surface area contributed by atoms with Gasteiger partial charge in [0.25, 0.3) is 0 Å². The second-order valence-corrected chi connectivity index (χ2v) is 4.23. The molecule has 1 atom stereocenters. The van der Waals surface area contributed by atoms with Gasteiger partial charge in [-0.25, -0.2) is 0 Å². The van der Waals surface area contributed by atoms with E-state index in [-0.39, 0.29) is 4.87 Å². The SMILES string of the molecule is NCCC1CCc2sc(=O)[nH]c21. The molecule has 0 saturated carbocycles. The van der Waals surface area contributed by atoms with E-state index in [0.717, 1.165) is 25.0 Å². The maximum Gasteiger partial charge on any atom is 0.304 e. The third kappa shape index (κ3) is 1.21. The Morgan fingerprint density at radius 2 is 2.50 bits per heavy atom. The first kappa shape index (κ1) is 8.01. The summed E-state index contributed by atoms with van der Waals surface area (Å²) in [4.78, 5) is 15.2. The smallest absolute Gasteiger partial charge is 0.304 e. The normalized spacial score (nSPS) is 21.2. The van der Waals surface area contributed by atoms with Gasteiger partial charge in [-0.3, -0.25) is 4.79 Å². The molecule has 0 aliphatic heterocycles. The van der Waals surface area contributed by atoms with E-state index in [1.165, 1.54) is 16.2 Å². The number of aromatic nitrogens is 1. The number of nitrogens with one attached hydrogen (secondary N) is 1. The fourth-order valence-electron chi connectivity index (χ4n) is 1.83. The molecule has 2 rings (SSSR count). The lowest BCUT2D eigenvalue weighted by Gasteiger charge is -2.05. The Balaban J connectivity index is 2.28. The summed E-state index contributed by atoms with van der Waals surface area (Å²) in [5.41, 5.74) is 6.65. The molecule has 12 heavy (non-hydrogen) atoms. The van der Waals surface area contributed by atoms with Crippen molar-refractivity contribution in [3.63, 3.8) is 0 Å². The summed E-state index contributed by atoms with van der Waals surface area (Å²) in [6, 6.07) is 0. The Bertz CT molecular complexity index is 328. The monoisotopic (exact) mass is 184 g/mol. The van der Waals surface area contributed by atoms with Crippen LogP contribution in [-0.4, -0.2) is 11.5 Å². The predicted octanol–water partition coefficient (Wildman–Crippen LogP) is 0.815. The van der Waals surface area contributed by atoms with E-state index < -0.39 is 0 Å². The molecule has 1 aliphatic carbocycles. The van der Waals surface area contributed by atoms with Crippen molar-refractivity contribution in [1.29, 1.82) is 0 Å². The summed E-state index contributed by atoms with van der Waals surface area (Å²) < 4.78 is 0. The zero-order valence-electron chi connectivity index (χ0n) is 6.80. The average Bonchev–Trinajstić information content (AvgIpc) is 2.52. The first-order valence-corrected chi connectivity index (χ1v) is 5.05. The van der Waals surface area contributed by atoms with E-state index in [1.54, 1.807) is 0 Å². The first-order chi connectivity index (χ1) is 5.81. The van der Waals surface area contributed by atoms with Crippen molar-refractivity contribution in [3.05, 3.63) is 20.2 Å². The van der Waals surface area contributed by atoms with Crippen molar-refractivity contribution < 1.29 is 0 Å². The molecule has 66 valence electrons. The molecular weight excluding hydrogens is 172 g/mol. The molecule has 4 heteroatoms. The Morgan fingerprint density at radius 1 is 1.67 bits per heavy atom. The number of thiazole rings is 1. The van der Waals surface area contributed by atoms with E-state index in [0.29, 0.717) is 12.5 Å². The van der Waals surface area contributed by atoms with Crippen LogP contribution < -0.4 is 10.6 Å². The molecular formula is C8H12N2OS. The number of nitrogens with two attached hydrogens (primary N) is 1. The molecule has 3 nitrogen and oxygen atoms in total. The van der Waals surface area contributed by atoms with Crippen LogP contribution >= 0.6 is 11.3 Å². The minimum atomic E-state index is 0.0849. The van der Waals surface area contributed by atoms with E-state index in [2.05, 4.69) is 4.98 Å². The average molecular weight is 184 g/mol. The highest BCUT2D eigenvalue weighted by molar-refractivity contribution is 7.09. The second kappa shape index (κ2) is 3.03. The summed E-state index contributed by atoms with van der Waals surface area (Å²) in [5.74, 6) is 0.518. The van der Waals surface area contributed by atoms with E-state index in [1.807, 2.05) is 0 Å². The third-order valence-electron chi connectivity index (χ3n) is 2.40. The van der Waals surface area contributed by atoms with Crippen LogP contribution in [0.3, 0.4) is 0 Å². The lowest BCUT2D eigenvalue weighted by molar-refractivity contribution is 0.615. The first-order valence-electron chi connectivity index (χ1n) is 4.23. The van der Waals surface area contributed by atoms with Crippen LogP contribution in [0.2, 0.25) is 0 Å². The fourth-order valence-corrected chi connectivity index (χ4v) is 2.76. The minimum absolute atomic E-state index is 0.0849. The van der Waals surface area contributed by atoms with Gasteiger partial charge in [0, 0.05) is 16.5 Å². The number of H-pyrrole nitrogens is 1. The van der Waals surface area contributed by atoms with Crippen molar-refractivity contribution in [2.75, 3.05) is 6.54 Å². The van der Waals surface area contributed by atoms with Gasteiger partial charge in [-0.05, 0) is 25.8 Å². The maximum atomic E-state index is 11.0. The van der Waals surface area contributed by atoms with Crippen molar-refractivity contribution in [2.24, 2.45) is 5.73 Å². The van der Waals surface area contributed by atoms with Crippen LogP contribution in [0, 0.1) is 0 Å². The topological polar surface area (TPSA) is 58.9 Å². The highest BCUT2D eigenvalue weighted by Gasteiger charge is 2.24. The standard InChI is InChI=1S/C8H12N2OS/c9-4-3-5-1-2-6-7(5)10-8(11)12-6/h5H,1-4,9H2,(H,10,11). The molecule has 0 bridgehead atoms. The van der Waals surface area contributed by atoms with Crippen LogP contribution in [0.15, 0.2) is 4.79 Å². The summed E-state index contributed by atoms with van der Waals surface area (Å²) in [5, 5.41) is 0. The van der Waals surface area contributed by atoms with Gasteiger partial charge in [-0.1, -0.05) is 11.3 Å². The molecule has 0 radical (unpaired) electrons. The van der Waals surface area contributed by atoms with Gasteiger partial charge in [0.2, 0.25) is 0 Å². The maximum absolute atomic E-state index is 11.0. The molecule has 0 amide bonds. The highest BCUT2D eigenvalue weighted by atomic mass is 32.1. The predicted molar refractivity (Wildman–Crippen MR) is 49.7 cm³/mol. The zero-order chi connectivity index (χ0) is 8.55. The second-order valence-electron chi connectivity index (χ2n) is 3.16. The fraction of sp³-hybridized carbons (Fsp3) is 0.625. The van der Waals surface area contributed by atoms with Crippen LogP contribution in [0.25, 0.3) is 0 Å². The van der Waals surface area contributed by atoms with Gasteiger partial charge in [0.05, 0.1) is 0 Å². The number of fused-ring (bicyclic) bond motifs is 1. The Labute approximate surface area is 74.6 Å². The molecule has 1 aliphatic rings. The van der Waals surface area contributed by atoms with Gasteiger partial charge in [-0.2, -0.15) is 0 Å². The Hall–Kier alpha value is -0.610. The summed E-state index contributed by atoms with van der Waals surface area (Å²) in [6.07, 6.45) is 3.22. The molecule has 1 unspecified atom stereocenters. The van der Waals surface area contributed by atoms with E-state index >= 15 is 0 Å². The van der Waals surface area contributed by atoms with Crippen molar-refractivity contribution in [1.82, 2.24) is 4.98 Å². The lowest BCUT2D eigenvalue weighted by Crippen LogP contribution is -2.07. The number of hydrogen-bond donors (Lipinski definition) is 2. The number of hydrogen-bond acceptors (Lipinski definition) is 3. The Kier molecular flexibility index (Phi) is 2.02. The van der Waals surface area contributed by atoms with E-state index in [9.17, 15) is 4.79 Å². The van der Waals surface area contributed by atoms with Crippen molar-refractivity contribution in [3.8, 4) is 0 Å². The molecule has 1 aromatic rings. The molecule has 0 aromatic carbocycles. The number of rotatable bonds is 2. The molecule has 3 N–H and O–H groups in total. The molecule has 0 fully saturated rings. The molecule has 0 saturated heterocycles. The summed E-state index contributed by atoms with van der Waals surface area (Å²) in [6.45, 7) is 0.710. The van der Waals surface area contributed by atoms with Gasteiger partial charge < -0.3 is 10.7 Å². The third-order valence-corrected chi connectivity index (χ3v) is 3.35. The van der Waals surface area contributed by atoms with Crippen molar-refractivity contribution >= 4 is 11.3 Å². The number of aromatic amines is 1. The largest absolute Gasteiger partial charge is 0.330 e. The minimum Gasteiger partial charge on any atom is -0.330 e. The summed E-state index contributed by atoms with van der Waals surface area (Å²) >= 11 is 1.35. The zero-order valence-corrected chi connectivity index (χ0v) is 7.62. The molecule has 0 spiro atoms. The van der Waals surface area contributed by atoms with Crippen LogP contribution in [0.4, 0.5) is 0 Å². The highest BCUT2D eigenvalue weighted by Crippen LogP contribution is 2.34. The van der Waals surface area contributed by atoms with Gasteiger partial charge in [0.1, 0.15) is 0 Å². The Morgan fingerprint density at radius 3 is 3.25 bits per heavy atom. The summed E-state index contributed by atoms with van der Waals surface area (Å²) in [7, 11) is 0. The molecule has 1 heterocycles. The van der Waals surface area contributed by atoms with Gasteiger partial charge >= 0.3 is 4.87 Å². The van der Waals surface area contributed by atoms with Gasteiger partial charge in [0.15, 0.2) is 0 Å². The van der Waals surface area contributed by atoms with Crippen LogP contribution in [0.5, 0.6) is 0 Å². The van der Waals surface area contributed by atoms with E-state index in [4.69, 9.17) is 5.73 Å². The van der Waals surface area contributed by atoms with Gasteiger partial charge in [-0.15, -0.1) is 0 Å².